The zero-order valence-electron chi connectivity index (χ0n) is 21.5. The molecule has 1 aliphatic rings. The van der Waals surface area contributed by atoms with Crippen molar-refractivity contribution < 1.29 is 14.2 Å². The number of hydrogen-bond acceptors (Lipinski definition) is 5. The highest BCUT2D eigenvalue weighted by atomic mass is 16.5. The van der Waals surface area contributed by atoms with Crippen molar-refractivity contribution in [1.82, 2.24) is 9.38 Å². The van der Waals surface area contributed by atoms with E-state index in [1.807, 2.05) is 86.7 Å². The number of ether oxygens (including phenoxy) is 3. The number of para-hydroxylation sites is 1. The van der Waals surface area contributed by atoms with E-state index < -0.39 is 0 Å². The quantitative estimate of drug-likeness (QED) is 0.273. The number of rotatable bonds is 8. The highest BCUT2D eigenvalue weighted by molar-refractivity contribution is 5.81. The molecule has 0 N–H and O–H groups in total. The molecule has 1 fully saturated rings. The Hall–Kier alpha value is -4.06. The second kappa shape index (κ2) is 10.9. The Morgan fingerprint density at radius 1 is 1.00 bits per heavy atom. The highest BCUT2D eigenvalue weighted by Gasteiger charge is 2.20. The fourth-order valence-corrected chi connectivity index (χ4v) is 4.79. The van der Waals surface area contributed by atoms with Crippen molar-refractivity contribution in [2.24, 2.45) is 0 Å². The largest absolute Gasteiger partial charge is 0.493 e. The van der Waals surface area contributed by atoms with E-state index in [4.69, 9.17) is 19.2 Å². The Labute approximate surface area is 217 Å². The van der Waals surface area contributed by atoms with Gasteiger partial charge in [-0.3, -0.25) is 9.20 Å². The van der Waals surface area contributed by atoms with E-state index in [2.05, 4.69) is 0 Å². The van der Waals surface area contributed by atoms with E-state index in [1.165, 1.54) is 12.8 Å². The van der Waals surface area contributed by atoms with Gasteiger partial charge in [-0.15, -0.1) is 0 Å². The third-order valence-corrected chi connectivity index (χ3v) is 6.49. The summed E-state index contributed by atoms with van der Waals surface area (Å²) in [6.45, 7) is 3.96. The summed E-state index contributed by atoms with van der Waals surface area (Å²) in [7, 11) is 1.65. The number of methoxy groups -OCH3 is 1. The fourth-order valence-electron chi connectivity index (χ4n) is 4.79. The van der Waals surface area contributed by atoms with E-state index >= 15 is 0 Å². The Morgan fingerprint density at radius 2 is 1.81 bits per heavy atom. The van der Waals surface area contributed by atoms with Gasteiger partial charge in [0.1, 0.15) is 11.4 Å². The van der Waals surface area contributed by atoms with Gasteiger partial charge in [0.25, 0.3) is 5.56 Å². The summed E-state index contributed by atoms with van der Waals surface area (Å²) < 4.78 is 19.5. The van der Waals surface area contributed by atoms with Crippen LogP contribution >= 0.6 is 0 Å². The number of aromatic nitrogens is 2. The Kier molecular flexibility index (Phi) is 7.26. The van der Waals surface area contributed by atoms with E-state index in [0.29, 0.717) is 28.4 Å². The van der Waals surface area contributed by atoms with Crippen molar-refractivity contribution >= 4 is 17.8 Å². The van der Waals surface area contributed by atoms with Gasteiger partial charge in [-0.1, -0.05) is 30.3 Å². The molecule has 0 radical (unpaired) electrons. The van der Waals surface area contributed by atoms with Crippen LogP contribution < -0.4 is 19.8 Å². The van der Waals surface area contributed by atoms with Crippen LogP contribution in [-0.2, 0) is 0 Å². The van der Waals surface area contributed by atoms with Crippen LogP contribution in [0.5, 0.6) is 17.2 Å². The molecule has 4 aromatic rings. The maximum Gasteiger partial charge on any atom is 0.266 e. The first-order valence-corrected chi connectivity index (χ1v) is 12.8. The van der Waals surface area contributed by atoms with Crippen LogP contribution in [0.1, 0.15) is 50.8 Å². The zero-order chi connectivity index (χ0) is 25.8. The SMILES string of the molecule is COc1cccc(/C=C/c2nc3ccccn3c(=O)c2-c2cccc(OC(C)C)c2)c1OC1CCCC1. The molecule has 0 aliphatic heterocycles. The van der Waals surface area contributed by atoms with E-state index in [-0.39, 0.29) is 17.8 Å². The van der Waals surface area contributed by atoms with Gasteiger partial charge in [0.15, 0.2) is 11.5 Å². The molecule has 5 rings (SSSR count). The molecule has 2 aromatic carbocycles. The van der Waals surface area contributed by atoms with Gasteiger partial charge in [0.05, 0.1) is 30.6 Å². The summed E-state index contributed by atoms with van der Waals surface area (Å²) in [6, 6.07) is 19.0. The van der Waals surface area contributed by atoms with Crippen molar-refractivity contribution in [3.05, 3.63) is 88.5 Å². The molecule has 0 bridgehead atoms. The van der Waals surface area contributed by atoms with Crippen LogP contribution in [0, 0.1) is 0 Å². The molecule has 0 unspecified atom stereocenters. The lowest BCUT2D eigenvalue weighted by molar-refractivity contribution is 0.200. The first-order valence-electron chi connectivity index (χ1n) is 12.8. The maximum atomic E-state index is 13.7. The van der Waals surface area contributed by atoms with Gasteiger partial charge < -0.3 is 14.2 Å². The third-order valence-electron chi connectivity index (χ3n) is 6.49. The van der Waals surface area contributed by atoms with Crippen LogP contribution in [0.4, 0.5) is 0 Å². The second-order valence-corrected chi connectivity index (χ2v) is 9.54. The molecule has 2 aromatic heterocycles. The maximum absolute atomic E-state index is 13.7. The van der Waals surface area contributed by atoms with Gasteiger partial charge in [0, 0.05) is 11.8 Å². The standard InChI is InChI=1S/C31H32N2O4/c1-21(2)36-25-14-8-11-23(20-25)29-26(32-28-16-6-7-19-33(28)31(29)34)18-17-22-10-9-15-27(35-3)30(22)37-24-12-4-5-13-24/h6-11,14-21,24H,4-5,12-13H2,1-3H3/b18-17+. The highest BCUT2D eigenvalue weighted by Crippen LogP contribution is 2.36. The molecule has 190 valence electrons. The predicted molar refractivity (Wildman–Crippen MR) is 147 cm³/mol. The van der Waals surface area contributed by atoms with E-state index in [9.17, 15) is 4.79 Å². The van der Waals surface area contributed by atoms with Gasteiger partial charge in [-0.2, -0.15) is 0 Å². The number of fused-ring (bicyclic) bond motifs is 1. The minimum absolute atomic E-state index is 0.0248. The van der Waals surface area contributed by atoms with Crippen molar-refractivity contribution in [2.45, 2.75) is 51.7 Å². The number of hydrogen-bond donors (Lipinski definition) is 0. The van der Waals surface area contributed by atoms with Crippen LogP contribution in [0.15, 0.2) is 71.7 Å². The first-order chi connectivity index (χ1) is 18.0. The molecule has 0 spiro atoms. The fraction of sp³-hybridized carbons (Fsp3) is 0.290. The predicted octanol–water partition coefficient (Wildman–Crippen LogP) is 6.65. The molecule has 2 heterocycles. The average molecular weight is 497 g/mol. The summed E-state index contributed by atoms with van der Waals surface area (Å²) in [5.74, 6) is 2.12. The lowest BCUT2D eigenvalue weighted by Crippen LogP contribution is -2.18. The summed E-state index contributed by atoms with van der Waals surface area (Å²) in [4.78, 5) is 18.6. The summed E-state index contributed by atoms with van der Waals surface area (Å²) in [6.07, 6.45) is 10.2. The number of benzene rings is 2. The molecule has 1 aliphatic carbocycles. The molecule has 0 atom stereocenters. The molecular weight excluding hydrogens is 464 g/mol. The molecule has 6 heteroatoms. The minimum atomic E-state index is -0.139. The average Bonchev–Trinajstić information content (AvgIpc) is 3.41. The smallest absolute Gasteiger partial charge is 0.266 e. The van der Waals surface area contributed by atoms with E-state index in [1.54, 1.807) is 17.7 Å². The Bertz CT molecular complexity index is 1480. The van der Waals surface area contributed by atoms with Crippen LogP contribution in [-0.4, -0.2) is 28.7 Å². The summed E-state index contributed by atoms with van der Waals surface area (Å²) in [5.41, 5.74) is 3.16. The normalized spacial score (nSPS) is 14.1. The molecule has 0 amide bonds. The van der Waals surface area contributed by atoms with Crippen LogP contribution in [0.2, 0.25) is 0 Å². The van der Waals surface area contributed by atoms with Gasteiger partial charge in [0.2, 0.25) is 0 Å². The molecular formula is C31H32N2O4. The summed E-state index contributed by atoms with van der Waals surface area (Å²) >= 11 is 0. The van der Waals surface area contributed by atoms with Crippen LogP contribution in [0.3, 0.4) is 0 Å². The lowest BCUT2D eigenvalue weighted by Gasteiger charge is -2.18. The van der Waals surface area contributed by atoms with Crippen molar-refractivity contribution in [1.29, 1.82) is 0 Å². The Morgan fingerprint density at radius 3 is 2.59 bits per heavy atom. The minimum Gasteiger partial charge on any atom is -0.493 e. The van der Waals surface area contributed by atoms with Crippen molar-refractivity contribution in [3.8, 4) is 28.4 Å². The van der Waals surface area contributed by atoms with Crippen LogP contribution in [0.25, 0.3) is 28.9 Å². The second-order valence-electron chi connectivity index (χ2n) is 9.54. The number of nitrogens with zero attached hydrogens (tertiary/aromatic N) is 2. The molecule has 1 saturated carbocycles. The topological polar surface area (TPSA) is 62.1 Å². The summed E-state index contributed by atoms with van der Waals surface area (Å²) in [5, 5.41) is 0. The lowest BCUT2D eigenvalue weighted by atomic mass is 10.0. The molecule has 0 saturated heterocycles. The van der Waals surface area contributed by atoms with Gasteiger partial charge >= 0.3 is 0 Å². The zero-order valence-corrected chi connectivity index (χ0v) is 21.5. The van der Waals surface area contributed by atoms with Gasteiger partial charge in [-0.25, -0.2) is 4.98 Å². The third kappa shape index (κ3) is 5.38. The van der Waals surface area contributed by atoms with Gasteiger partial charge in [-0.05, 0) is 87.6 Å². The molecule has 6 nitrogen and oxygen atoms in total. The van der Waals surface area contributed by atoms with Crippen molar-refractivity contribution in [3.63, 3.8) is 0 Å². The van der Waals surface area contributed by atoms with Crippen molar-refractivity contribution in [2.75, 3.05) is 7.11 Å². The molecule has 37 heavy (non-hydrogen) atoms. The Balaban J connectivity index is 1.62. The number of pyridine rings is 1. The monoisotopic (exact) mass is 496 g/mol. The van der Waals surface area contributed by atoms with E-state index in [0.717, 1.165) is 29.7 Å². The first kappa shape index (κ1) is 24.6.